The number of nitrogens with zero attached hydrogens (tertiary/aromatic N) is 2. The molecule has 1 amide bonds. The van der Waals surface area contributed by atoms with Gasteiger partial charge in [0.2, 0.25) is 0 Å². The third-order valence-electron chi connectivity index (χ3n) is 5.49. The summed E-state index contributed by atoms with van der Waals surface area (Å²) in [7, 11) is 1.64. The second-order valence-corrected chi connectivity index (χ2v) is 7.45. The molecule has 0 spiro atoms. The number of rotatable bonds is 5. The summed E-state index contributed by atoms with van der Waals surface area (Å²) in [6.07, 6.45) is 2.87. The number of ether oxygens (including phenoxy) is 1. The average molecular weight is 390 g/mol. The van der Waals surface area contributed by atoms with Gasteiger partial charge in [-0.05, 0) is 55.3 Å². The highest BCUT2D eigenvalue weighted by Gasteiger charge is 2.26. The summed E-state index contributed by atoms with van der Waals surface area (Å²) in [4.78, 5) is 13.2. The molecule has 1 saturated heterocycles. The fourth-order valence-corrected chi connectivity index (χ4v) is 3.64. The summed E-state index contributed by atoms with van der Waals surface area (Å²) in [6, 6.07) is 17.5. The van der Waals surface area contributed by atoms with E-state index < -0.39 is 0 Å². The molecule has 2 unspecified atom stereocenters. The van der Waals surface area contributed by atoms with E-state index in [0.29, 0.717) is 17.2 Å². The first-order valence-corrected chi connectivity index (χ1v) is 9.97. The van der Waals surface area contributed by atoms with Gasteiger partial charge in [-0.3, -0.25) is 4.79 Å². The van der Waals surface area contributed by atoms with E-state index in [9.17, 15) is 4.79 Å². The molecular weight excluding hydrogens is 364 g/mol. The molecule has 4 rings (SSSR count). The summed E-state index contributed by atoms with van der Waals surface area (Å²) in [5.41, 5.74) is 3.01. The van der Waals surface area contributed by atoms with Crippen LogP contribution in [-0.4, -0.2) is 41.9 Å². The van der Waals surface area contributed by atoms with Crippen molar-refractivity contribution in [1.82, 2.24) is 20.4 Å². The molecule has 2 aromatic carbocycles. The van der Waals surface area contributed by atoms with Gasteiger partial charge in [-0.1, -0.05) is 25.1 Å². The fraction of sp³-hybridized carbons (Fsp3) is 0.304. The lowest BCUT2D eigenvalue weighted by atomic mass is 9.94. The van der Waals surface area contributed by atoms with Crippen LogP contribution in [0.4, 0.5) is 0 Å². The van der Waals surface area contributed by atoms with E-state index >= 15 is 0 Å². The number of piperidine rings is 1. The molecule has 0 radical (unpaired) electrons. The standard InChI is InChI=1S/C23H26N4O2/c1-16-12-13-24-14-21(16)25-23(28)20-15-27(18-6-4-3-5-7-18)26-22(20)17-8-10-19(29-2)11-9-17/h3-11,15-16,21,24H,12-14H2,1-2H3,(H,25,28). The van der Waals surface area contributed by atoms with Gasteiger partial charge >= 0.3 is 0 Å². The third kappa shape index (κ3) is 4.17. The predicted molar refractivity (Wildman–Crippen MR) is 113 cm³/mol. The van der Waals surface area contributed by atoms with Crippen LogP contribution in [-0.2, 0) is 0 Å². The molecule has 1 aliphatic rings. The van der Waals surface area contributed by atoms with E-state index in [1.54, 1.807) is 11.8 Å². The van der Waals surface area contributed by atoms with Crippen molar-refractivity contribution in [3.63, 3.8) is 0 Å². The summed E-state index contributed by atoms with van der Waals surface area (Å²) >= 11 is 0. The van der Waals surface area contributed by atoms with Crippen molar-refractivity contribution in [3.8, 4) is 22.7 Å². The minimum absolute atomic E-state index is 0.0986. The Morgan fingerprint density at radius 1 is 1.17 bits per heavy atom. The largest absolute Gasteiger partial charge is 0.497 e. The van der Waals surface area contributed by atoms with Gasteiger partial charge in [0.15, 0.2) is 0 Å². The molecule has 1 aliphatic heterocycles. The highest BCUT2D eigenvalue weighted by molar-refractivity contribution is 6.00. The maximum Gasteiger partial charge on any atom is 0.255 e. The predicted octanol–water partition coefficient (Wildman–Crippen LogP) is 3.28. The number of nitrogens with one attached hydrogen (secondary N) is 2. The first-order valence-electron chi connectivity index (χ1n) is 9.97. The van der Waals surface area contributed by atoms with Crippen molar-refractivity contribution in [2.45, 2.75) is 19.4 Å². The number of amides is 1. The zero-order valence-electron chi connectivity index (χ0n) is 16.8. The second kappa shape index (κ2) is 8.49. The Kier molecular flexibility index (Phi) is 5.62. The number of hydrogen-bond acceptors (Lipinski definition) is 4. The summed E-state index contributed by atoms with van der Waals surface area (Å²) in [6.45, 7) is 3.97. The van der Waals surface area contributed by atoms with Crippen LogP contribution in [0.3, 0.4) is 0 Å². The molecule has 1 fully saturated rings. The number of benzene rings is 2. The van der Waals surface area contributed by atoms with E-state index in [0.717, 1.165) is 36.5 Å². The Bertz CT molecular complexity index is 966. The highest BCUT2D eigenvalue weighted by atomic mass is 16.5. The zero-order chi connectivity index (χ0) is 20.2. The first kappa shape index (κ1) is 19.2. The van der Waals surface area contributed by atoms with Crippen LogP contribution in [0, 0.1) is 5.92 Å². The topological polar surface area (TPSA) is 68.2 Å². The lowest BCUT2D eigenvalue weighted by molar-refractivity contribution is 0.0916. The second-order valence-electron chi connectivity index (χ2n) is 7.45. The van der Waals surface area contributed by atoms with Gasteiger partial charge in [-0.15, -0.1) is 0 Å². The molecule has 3 aromatic rings. The number of carbonyl (C=O) groups is 1. The molecule has 0 bridgehead atoms. The normalized spacial score (nSPS) is 19.0. The lowest BCUT2D eigenvalue weighted by Gasteiger charge is -2.30. The van der Waals surface area contributed by atoms with Crippen molar-refractivity contribution in [1.29, 1.82) is 0 Å². The van der Waals surface area contributed by atoms with Gasteiger partial charge in [0.1, 0.15) is 11.4 Å². The van der Waals surface area contributed by atoms with Crippen LogP contribution < -0.4 is 15.4 Å². The number of aromatic nitrogens is 2. The molecule has 6 heteroatoms. The molecule has 2 atom stereocenters. The minimum Gasteiger partial charge on any atom is -0.497 e. The number of hydrogen-bond donors (Lipinski definition) is 2. The smallest absolute Gasteiger partial charge is 0.255 e. The Labute approximate surface area is 170 Å². The molecular formula is C23H26N4O2. The van der Waals surface area contributed by atoms with Crippen LogP contribution >= 0.6 is 0 Å². The van der Waals surface area contributed by atoms with Crippen LogP contribution in [0.15, 0.2) is 60.8 Å². The third-order valence-corrected chi connectivity index (χ3v) is 5.49. The summed E-state index contributed by atoms with van der Waals surface area (Å²) in [5.74, 6) is 1.11. The van der Waals surface area contributed by atoms with Crippen LogP contribution in [0.1, 0.15) is 23.7 Å². The first-order chi connectivity index (χ1) is 14.2. The van der Waals surface area contributed by atoms with Gasteiger partial charge in [0.25, 0.3) is 5.91 Å². The molecule has 0 saturated carbocycles. The monoisotopic (exact) mass is 390 g/mol. The highest BCUT2D eigenvalue weighted by Crippen LogP contribution is 2.26. The van der Waals surface area contributed by atoms with E-state index in [2.05, 4.69) is 17.6 Å². The molecule has 150 valence electrons. The van der Waals surface area contributed by atoms with E-state index in [1.165, 1.54) is 0 Å². The minimum atomic E-state index is -0.0986. The Morgan fingerprint density at radius 2 is 1.93 bits per heavy atom. The van der Waals surface area contributed by atoms with Gasteiger partial charge in [-0.2, -0.15) is 5.10 Å². The quantitative estimate of drug-likeness (QED) is 0.702. The maximum absolute atomic E-state index is 13.2. The molecule has 29 heavy (non-hydrogen) atoms. The van der Waals surface area contributed by atoms with Crippen molar-refractivity contribution in [2.24, 2.45) is 5.92 Å². The Balaban J connectivity index is 1.70. The van der Waals surface area contributed by atoms with Gasteiger partial charge in [0.05, 0.1) is 18.4 Å². The van der Waals surface area contributed by atoms with E-state index in [4.69, 9.17) is 9.84 Å². The SMILES string of the molecule is COc1ccc(-c2nn(-c3ccccc3)cc2C(=O)NC2CNCCC2C)cc1. The van der Waals surface area contributed by atoms with Crippen molar-refractivity contribution >= 4 is 5.91 Å². The van der Waals surface area contributed by atoms with E-state index in [1.807, 2.05) is 60.8 Å². The molecule has 6 nitrogen and oxygen atoms in total. The summed E-state index contributed by atoms with van der Waals surface area (Å²) in [5, 5.41) is 11.3. The molecule has 2 heterocycles. The van der Waals surface area contributed by atoms with Gasteiger partial charge < -0.3 is 15.4 Å². The lowest BCUT2D eigenvalue weighted by Crippen LogP contribution is -2.50. The number of methoxy groups -OCH3 is 1. The molecule has 2 N–H and O–H groups in total. The average Bonchev–Trinajstić information content (AvgIpc) is 3.22. The van der Waals surface area contributed by atoms with Crippen molar-refractivity contribution in [3.05, 3.63) is 66.4 Å². The van der Waals surface area contributed by atoms with Crippen molar-refractivity contribution in [2.75, 3.05) is 20.2 Å². The summed E-state index contributed by atoms with van der Waals surface area (Å²) < 4.78 is 7.02. The Morgan fingerprint density at radius 3 is 2.62 bits per heavy atom. The Hall–Kier alpha value is -3.12. The molecule has 1 aromatic heterocycles. The number of carbonyl (C=O) groups excluding carboxylic acids is 1. The van der Waals surface area contributed by atoms with Gasteiger partial charge in [0, 0.05) is 24.3 Å². The van der Waals surface area contributed by atoms with Crippen molar-refractivity contribution < 1.29 is 9.53 Å². The fourth-order valence-electron chi connectivity index (χ4n) is 3.64. The molecule has 0 aliphatic carbocycles. The zero-order valence-corrected chi connectivity index (χ0v) is 16.8. The maximum atomic E-state index is 13.2. The van der Waals surface area contributed by atoms with E-state index in [-0.39, 0.29) is 11.9 Å². The number of para-hydroxylation sites is 1. The van der Waals surface area contributed by atoms with Crippen LogP contribution in [0.25, 0.3) is 16.9 Å². The van der Waals surface area contributed by atoms with Crippen LogP contribution in [0.5, 0.6) is 5.75 Å². The van der Waals surface area contributed by atoms with Crippen LogP contribution in [0.2, 0.25) is 0 Å². The van der Waals surface area contributed by atoms with Gasteiger partial charge in [-0.25, -0.2) is 4.68 Å².